The molecule has 2 aromatic carbocycles. The predicted octanol–water partition coefficient (Wildman–Crippen LogP) is 3.33. The Morgan fingerprint density at radius 1 is 1.24 bits per heavy atom. The lowest BCUT2D eigenvalue weighted by Gasteiger charge is -2.13. The molecule has 0 saturated carbocycles. The lowest BCUT2D eigenvalue weighted by Crippen LogP contribution is -2.32. The molecular formula is C15H14ClFN2O2. The number of carbonyl (C=O) groups is 1. The molecule has 2 aromatic rings. The monoisotopic (exact) mass is 308 g/mol. The van der Waals surface area contributed by atoms with E-state index in [1.807, 2.05) is 6.07 Å². The summed E-state index contributed by atoms with van der Waals surface area (Å²) in [6.07, 6.45) is -1.02. The molecule has 4 nitrogen and oxygen atoms in total. The van der Waals surface area contributed by atoms with Gasteiger partial charge >= 0.3 is 6.03 Å². The van der Waals surface area contributed by atoms with Crippen molar-refractivity contribution in [2.24, 2.45) is 0 Å². The summed E-state index contributed by atoms with van der Waals surface area (Å²) in [5.41, 5.74) is 0.985. The molecule has 0 aliphatic rings. The van der Waals surface area contributed by atoms with E-state index in [-0.39, 0.29) is 11.6 Å². The van der Waals surface area contributed by atoms with Crippen LogP contribution in [-0.4, -0.2) is 17.7 Å². The van der Waals surface area contributed by atoms with E-state index < -0.39 is 18.0 Å². The molecule has 6 heteroatoms. The van der Waals surface area contributed by atoms with E-state index in [0.717, 1.165) is 6.07 Å². The number of amides is 2. The largest absolute Gasteiger partial charge is 0.387 e. The van der Waals surface area contributed by atoms with Crippen molar-refractivity contribution in [1.82, 2.24) is 5.32 Å². The molecule has 0 saturated heterocycles. The van der Waals surface area contributed by atoms with Crippen molar-refractivity contribution < 1.29 is 14.3 Å². The molecule has 1 unspecified atom stereocenters. The quantitative estimate of drug-likeness (QED) is 0.811. The Hall–Kier alpha value is -2.11. The first kappa shape index (κ1) is 15.3. The Morgan fingerprint density at radius 2 is 1.95 bits per heavy atom. The first-order chi connectivity index (χ1) is 10.1. The van der Waals surface area contributed by atoms with Crippen LogP contribution in [-0.2, 0) is 0 Å². The molecule has 2 rings (SSSR count). The number of urea groups is 1. The summed E-state index contributed by atoms with van der Waals surface area (Å²) in [7, 11) is 0. The lowest BCUT2D eigenvalue weighted by atomic mass is 10.1. The number of carbonyl (C=O) groups excluding carboxylic acids is 1. The van der Waals surface area contributed by atoms with Crippen LogP contribution in [0.25, 0.3) is 0 Å². The van der Waals surface area contributed by atoms with Crippen molar-refractivity contribution in [2.75, 3.05) is 11.9 Å². The summed E-state index contributed by atoms with van der Waals surface area (Å²) in [5.74, 6) is -0.609. The molecule has 2 amide bonds. The number of aliphatic hydroxyl groups excluding tert-OH is 1. The highest BCUT2D eigenvalue weighted by atomic mass is 35.5. The normalized spacial score (nSPS) is 11.8. The van der Waals surface area contributed by atoms with Crippen molar-refractivity contribution in [2.45, 2.75) is 6.10 Å². The minimum Gasteiger partial charge on any atom is -0.387 e. The van der Waals surface area contributed by atoms with Crippen LogP contribution >= 0.6 is 11.6 Å². The van der Waals surface area contributed by atoms with E-state index in [1.165, 1.54) is 12.1 Å². The Balaban J connectivity index is 1.87. The van der Waals surface area contributed by atoms with Crippen LogP contribution in [0.4, 0.5) is 14.9 Å². The maximum Gasteiger partial charge on any atom is 0.319 e. The Labute approximate surface area is 126 Å². The molecule has 3 N–H and O–H groups in total. The summed E-state index contributed by atoms with van der Waals surface area (Å²) in [6, 6.07) is 12.5. The first-order valence-corrected chi connectivity index (χ1v) is 6.67. The smallest absolute Gasteiger partial charge is 0.319 e. The zero-order chi connectivity index (χ0) is 15.2. The number of aliphatic hydroxyl groups is 1. The van der Waals surface area contributed by atoms with Gasteiger partial charge in [-0.2, -0.15) is 0 Å². The van der Waals surface area contributed by atoms with Crippen LogP contribution in [0.2, 0.25) is 5.02 Å². The van der Waals surface area contributed by atoms with E-state index in [9.17, 15) is 14.3 Å². The van der Waals surface area contributed by atoms with E-state index >= 15 is 0 Å². The number of hydrogen-bond donors (Lipinski definition) is 3. The number of anilines is 1. The fourth-order valence-corrected chi connectivity index (χ4v) is 1.84. The minimum atomic E-state index is -1.02. The average Bonchev–Trinajstić information content (AvgIpc) is 2.48. The highest BCUT2D eigenvalue weighted by Gasteiger charge is 2.11. The Bertz CT molecular complexity index is 622. The highest BCUT2D eigenvalue weighted by Crippen LogP contribution is 2.19. The summed E-state index contributed by atoms with van der Waals surface area (Å²) >= 11 is 5.57. The summed E-state index contributed by atoms with van der Waals surface area (Å²) in [4.78, 5) is 11.6. The molecule has 110 valence electrons. The minimum absolute atomic E-state index is 0.0132. The molecule has 0 radical (unpaired) electrons. The lowest BCUT2D eigenvalue weighted by molar-refractivity contribution is 0.174. The zero-order valence-corrected chi connectivity index (χ0v) is 11.8. The third-order valence-corrected chi connectivity index (χ3v) is 3.12. The molecule has 0 heterocycles. The number of benzene rings is 2. The van der Waals surface area contributed by atoms with E-state index in [1.54, 1.807) is 24.3 Å². The third kappa shape index (κ3) is 4.44. The second kappa shape index (κ2) is 7.06. The van der Waals surface area contributed by atoms with Gasteiger partial charge in [0.25, 0.3) is 0 Å². The SMILES string of the molecule is O=C(NCC(O)c1ccc(Cl)c(F)c1)Nc1ccccc1. The van der Waals surface area contributed by atoms with Crippen molar-refractivity contribution in [1.29, 1.82) is 0 Å². The van der Waals surface area contributed by atoms with Gasteiger partial charge in [-0.15, -0.1) is 0 Å². The second-order valence-electron chi connectivity index (χ2n) is 4.39. The summed E-state index contributed by atoms with van der Waals surface area (Å²) in [5, 5.41) is 15.0. The highest BCUT2D eigenvalue weighted by molar-refractivity contribution is 6.30. The van der Waals surface area contributed by atoms with E-state index in [4.69, 9.17) is 11.6 Å². The van der Waals surface area contributed by atoms with Gasteiger partial charge in [0.15, 0.2) is 0 Å². The topological polar surface area (TPSA) is 61.4 Å². The average molecular weight is 309 g/mol. The van der Waals surface area contributed by atoms with Gasteiger partial charge in [-0.1, -0.05) is 35.9 Å². The molecule has 0 aliphatic heterocycles. The summed E-state index contributed by atoms with van der Waals surface area (Å²) < 4.78 is 13.3. The third-order valence-electron chi connectivity index (χ3n) is 2.82. The van der Waals surface area contributed by atoms with Gasteiger partial charge in [0.1, 0.15) is 5.82 Å². The van der Waals surface area contributed by atoms with Gasteiger partial charge in [0.2, 0.25) is 0 Å². The summed E-state index contributed by atoms with van der Waals surface area (Å²) in [6.45, 7) is -0.0419. The van der Waals surface area contributed by atoms with Crippen molar-refractivity contribution in [3.8, 4) is 0 Å². The molecule has 0 spiro atoms. The maximum absolute atomic E-state index is 13.3. The number of rotatable bonds is 4. The van der Waals surface area contributed by atoms with Gasteiger partial charge in [0.05, 0.1) is 11.1 Å². The van der Waals surface area contributed by atoms with Crippen LogP contribution < -0.4 is 10.6 Å². The number of halogens is 2. The van der Waals surface area contributed by atoms with E-state index in [0.29, 0.717) is 11.3 Å². The molecule has 0 aromatic heterocycles. The van der Waals surface area contributed by atoms with Crippen LogP contribution in [0.5, 0.6) is 0 Å². The fourth-order valence-electron chi connectivity index (χ4n) is 1.72. The fraction of sp³-hybridized carbons (Fsp3) is 0.133. The zero-order valence-electron chi connectivity index (χ0n) is 11.0. The van der Waals surface area contributed by atoms with Crippen molar-refractivity contribution in [3.05, 3.63) is 64.9 Å². The molecule has 0 bridgehead atoms. The van der Waals surface area contributed by atoms with Crippen LogP contribution in [0.3, 0.4) is 0 Å². The van der Waals surface area contributed by atoms with Gasteiger partial charge in [0, 0.05) is 12.2 Å². The Kier molecular flexibility index (Phi) is 5.14. The number of hydrogen-bond acceptors (Lipinski definition) is 2. The standard InChI is InChI=1S/C15H14ClFN2O2/c16-12-7-6-10(8-13(12)17)14(20)9-18-15(21)19-11-4-2-1-3-5-11/h1-8,14,20H,9H2,(H2,18,19,21). The van der Waals surface area contributed by atoms with Crippen molar-refractivity contribution in [3.63, 3.8) is 0 Å². The maximum atomic E-state index is 13.3. The Morgan fingerprint density at radius 3 is 2.62 bits per heavy atom. The van der Waals surface area contributed by atoms with Crippen LogP contribution in [0.1, 0.15) is 11.7 Å². The number of nitrogens with one attached hydrogen (secondary N) is 2. The van der Waals surface area contributed by atoms with Gasteiger partial charge in [-0.3, -0.25) is 0 Å². The van der Waals surface area contributed by atoms with Crippen LogP contribution in [0, 0.1) is 5.82 Å². The van der Waals surface area contributed by atoms with E-state index in [2.05, 4.69) is 10.6 Å². The molecule has 0 aliphatic carbocycles. The van der Waals surface area contributed by atoms with Crippen molar-refractivity contribution >= 4 is 23.3 Å². The molecule has 21 heavy (non-hydrogen) atoms. The number of para-hydroxylation sites is 1. The molecular weight excluding hydrogens is 295 g/mol. The predicted molar refractivity (Wildman–Crippen MR) is 79.8 cm³/mol. The second-order valence-corrected chi connectivity index (χ2v) is 4.80. The molecule has 1 atom stereocenters. The van der Waals surface area contributed by atoms with Crippen LogP contribution in [0.15, 0.2) is 48.5 Å². The van der Waals surface area contributed by atoms with Gasteiger partial charge < -0.3 is 15.7 Å². The molecule has 0 fully saturated rings. The van der Waals surface area contributed by atoms with Gasteiger partial charge in [-0.25, -0.2) is 9.18 Å². The first-order valence-electron chi connectivity index (χ1n) is 6.29. The van der Waals surface area contributed by atoms with Gasteiger partial charge in [-0.05, 0) is 29.8 Å².